The number of aromatic nitrogens is 2. The van der Waals surface area contributed by atoms with Crippen molar-refractivity contribution in [1.82, 2.24) is 14.7 Å². The first-order valence-corrected chi connectivity index (χ1v) is 8.92. The van der Waals surface area contributed by atoms with Crippen LogP contribution in [0.4, 0.5) is 0 Å². The van der Waals surface area contributed by atoms with Crippen molar-refractivity contribution in [1.29, 1.82) is 0 Å². The van der Waals surface area contributed by atoms with Crippen molar-refractivity contribution >= 4 is 5.91 Å². The normalized spacial score (nSPS) is 14.6. The Morgan fingerprint density at radius 1 is 1.21 bits per heavy atom. The van der Waals surface area contributed by atoms with E-state index in [2.05, 4.69) is 39.0 Å². The minimum absolute atomic E-state index is 0.152. The Labute approximate surface area is 144 Å². The molecule has 2 heterocycles. The van der Waals surface area contributed by atoms with Gasteiger partial charge in [0.15, 0.2) is 0 Å². The van der Waals surface area contributed by atoms with Gasteiger partial charge in [-0.2, -0.15) is 5.10 Å². The molecule has 0 aliphatic carbocycles. The van der Waals surface area contributed by atoms with E-state index in [1.807, 2.05) is 22.6 Å². The third-order valence-electron chi connectivity index (χ3n) is 4.64. The van der Waals surface area contributed by atoms with Gasteiger partial charge in [-0.1, -0.05) is 26.0 Å². The molecule has 24 heavy (non-hydrogen) atoms. The molecule has 4 heteroatoms. The molecule has 1 aromatic heterocycles. The number of hydrogen-bond acceptors (Lipinski definition) is 2. The standard InChI is InChI=1S/C20H27N3O/c1-14(2)12-18-19(20(24)22-10-5-6-11-22)16(4)23(21-18)17-9-7-8-15(3)13-17/h7-9,13-14H,5-6,10-12H2,1-4H3. The number of carbonyl (C=O) groups excluding carboxylic acids is 1. The Bertz CT molecular complexity index is 739. The summed E-state index contributed by atoms with van der Waals surface area (Å²) < 4.78 is 1.94. The van der Waals surface area contributed by atoms with Crippen LogP contribution in [0.15, 0.2) is 24.3 Å². The van der Waals surface area contributed by atoms with E-state index in [9.17, 15) is 4.79 Å². The molecule has 1 aromatic carbocycles. The summed E-state index contributed by atoms with van der Waals surface area (Å²) in [5.41, 5.74) is 4.92. The Kier molecular flexibility index (Phi) is 4.74. The lowest BCUT2D eigenvalue weighted by atomic mass is 10.0. The Morgan fingerprint density at radius 3 is 2.54 bits per heavy atom. The first-order valence-electron chi connectivity index (χ1n) is 8.92. The van der Waals surface area contributed by atoms with Crippen molar-refractivity contribution in [2.75, 3.05) is 13.1 Å². The van der Waals surface area contributed by atoms with E-state index in [0.717, 1.165) is 55.0 Å². The molecule has 1 fully saturated rings. The monoisotopic (exact) mass is 325 g/mol. The molecule has 0 radical (unpaired) electrons. The fourth-order valence-electron chi connectivity index (χ4n) is 3.46. The summed E-state index contributed by atoms with van der Waals surface area (Å²) in [7, 11) is 0. The first kappa shape index (κ1) is 16.7. The largest absolute Gasteiger partial charge is 0.339 e. The van der Waals surface area contributed by atoms with E-state index < -0.39 is 0 Å². The summed E-state index contributed by atoms with van der Waals surface area (Å²) >= 11 is 0. The molecule has 1 amide bonds. The van der Waals surface area contributed by atoms with Crippen LogP contribution in [0.2, 0.25) is 0 Å². The van der Waals surface area contributed by atoms with Gasteiger partial charge in [0.1, 0.15) is 0 Å². The maximum Gasteiger partial charge on any atom is 0.257 e. The molecule has 1 saturated heterocycles. The summed E-state index contributed by atoms with van der Waals surface area (Å²) in [4.78, 5) is 15.0. The predicted molar refractivity (Wildman–Crippen MR) is 96.7 cm³/mol. The number of carbonyl (C=O) groups is 1. The lowest BCUT2D eigenvalue weighted by Crippen LogP contribution is -2.29. The van der Waals surface area contributed by atoms with Crippen LogP contribution in [0.25, 0.3) is 5.69 Å². The number of amides is 1. The van der Waals surface area contributed by atoms with E-state index >= 15 is 0 Å². The van der Waals surface area contributed by atoms with Crippen LogP contribution < -0.4 is 0 Å². The second-order valence-corrected chi connectivity index (χ2v) is 7.26. The smallest absolute Gasteiger partial charge is 0.257 e. The van der Waals surface area contributed by atoms with Gasteiger partial charge in [-0.15, -0.1) is 0 Å². The van der Waals surface area contributed by atoms with Gasteiger partial charge in [0.25, 0.3) is 5.91 Å². The van der Waals surface area contributed by atoms with Crippen molar-refractivity contribution in [3.63, 3.8) is 0 Å². The molecule has 0 N–H and O–H groups in total. The molecule has 1 aliphatic rings. The summed E-state index contributed by atoms with van der Waals surface area (Å²) in [6, 6.07) is 8.28. The fourth-order valence-corrected chi connectivity index (χ4v) is 3.46. The second kappa shape index (κ2) is 6.80. The van der Waals surface area contributed by atoms with Gasteiger partial charge in [0.05, 0.1) is 22.6 Å². The zero-order chi connectivity index (χ0) is 17.3. The Morgan fingerprint density at radius 2 is 1.92 bits per heavy atom. The minimum atomic E-state index is 0.152. The summed E-state index contributed by atoms with van der Waals surface area (Å²) in [5, 5.41) is 4.82. The van der Waals surface area contributed by atoms with E-state index in [0.29, 0.717) is 5.92 Å². The SMILES string of the molecule is Cc1cccc(-n2nc(CC(C)C)c(C(=O)N3CCCC3)c2C)c1. The van der Waals surface area contributed by atoms with Gasteiger partial charge in [-0.25, -0.2) is 4.68 Å². The molecule has 4 nitrogen and oxygen atoms in total. The molecule has 1 aliphatic heterocycles. The third-order valence-corrected chi connectivity index (χ3v) is 4.64. The van der Waals surface area contributed by atoms with Crippen molar-refractivity contribution in [2.24, 2.45) is 5.92 Å². The molecular formula is C20H27N3O. The highest BCUT2D eigenvalue weighted by Gasteiger charge is 2.27. The van der Waals surface area contributed by atoms with Crippen molar-refractivity contribution in [2.45, 2.75) is 47.0 Å². The molecule has 2 aromatic rings. The molecule has 0 unspecified atom stereocenters. The summed E-state index contributed by atoms with van der Waals surface area (Å²) in [6.45, 7) is 10.2. The van der Waals surface area contributed by atoms with Gasteiger partial charge < -0.3 is 4.90 Å². The Balaban J connectivity index is 2.07. The quantitative estimate of drug-likeness (QED) is 0.854. The predicted octanol–water partition coefficient (Wildman–Crippen LogP) is 3.92. The van der Waals surface area contributed by atoms with Crippen molar-refractivity contribution < 1.29 is 4.79 Å². The van der Waals surface area contributed by atoms with Crippen molar-refractivity contribution in [3.8, 4) is 5.69 Å². The molecule has 3 rings (SSSR count). The van der Waals surface area contributed by atoms with E-state index in [-0.39, 0.29) is 5.91 Å². The topological polar surface area (TPSA) is 38.1 Å². The summed E-state index contributed by atoms with van der Waals surface area (Å²) in [5.74, 6) is 0.620. The van der Waals surface area contributed by atoms with Gasteiger partial charge in [0.2, 0.25) is 0 Å². The number of rotatable bonds is 4. The number of hydrogen-bond donors (Lipinski definition) is 0. The average Bonchev–Trinajstić information content (AvgIpc) is 3.15. The molecule has 0 saturated carbocycles. The highest BCUT2D eigenvalue weighted by atomic mass is 16.2. The lowest BCUT2D eigenvalue weighted by molar-refractivity contribution is 0.0791. The highest BCUT2D eigenvalue weighted by Crippen LogP contribution is 2.24. The van der Waals surface area contributed by atoms with E-state index in [4.69, 9.17) is 5.10 Å². The average molecular weight is 325 g/mol. The molecule has 0 spiro atoms. The lowest BCUT2D eigenvalue weighted by Gasteiger charge is -2.16. The third kappa shape index (κ3) is 3.23. The van der Waals surface area contributed by atoms with Gasteiger partial charge >= 0.3 is 0 Å². The van der Waals surface area contributed by atoms with Crippen LogP contribution >= 0.6 is 0 Å². The van der Waals surface area contributed by atoms with E-state index in [1.165, 1.54) is 5.56 Å². The molecular weight excluding hydrogens is 298 g/mol. The fraction of sp³-hybridized carbons (Fsp3) is 0.500. The van der Waals surface area contributed by atoms with E-state index in [1.54, 1.807) is 0 Å². The number of aryl methyl sites for hydroxylation is 1. The molecule has 128 valence electrons. The minimum Gasteiger partial charge on any atom is -0.339 e. The van der Waals surface area contributed by atoms with Gasteiger partial charge in [-0.3, -0.25) is 4.79 Å². The Hall–Kier alpha value is -2.10. The molecule has 0 atom stereocenters. The maximum atomic E-state index is 13.1. The van der Waals surface area contributed by atoms with Crippen molar-refractivity contribution in [3.05, 3.63) is 46.8 Å². The van der Waals surface area contributed by atoms with Crippen LogP contribution in [-0.4, -0.2) is 33.7 Å². The van der Waals surface area contributed by atoms with Crippen LogP contribution in [0.3, 0.4) is 0 Å². The number of benzene rings is 1. The van der Waals surface area contributed by atoms with Crippen LogP contribution in [0.5, 0.6) is 0 Å². The number of likely N-dealkylation sites (tertiary alicyclic amines) is 1. The molecule has 0 bridgehead atoms. The summed E-state index contributed by atoms with van der Waals surface area (Å²) in [6.07, 6.45) is 3.04. The maximum absolute atomic E-state index is 13.1. The first-order chi connectivity index (χ1) is 11.5. The van der Waals surface area contributed by atoms with Crippen LogP contribution in [0, 0.1) is 19.8 Å². The van der Waals surface area contributed by atoms with Crippen LogP contribution in [0.1, 0.15) is 54.0 Å². The van der Waals surface area contributed by atoms with Crippen LogP contribution in [-0.2, 0) is 6.42 Å². The van der Waals surface area contributed by atoms with Gasteiger partial charge in [-0.05, 0) is 56.7 Å². The highest BCUT2D eigenvalue weighted by molar-refractivity contribution is 5.96. The van der Waals surface area contributed by atoms with Gasteiger partial charge in [0, 0.05) is 13.1 Å². The number of nitrogens with zero attached hydrogens (tertiary/aromatic N) is 3. The zero-order valence-electron chi connectivity index (χ0n) is 15.2. The second-order valence-electron chi connectivity index (χ2n) is 7.26. The zero-order valence-corrected chi connectivity index (χ0v) is 15.2.